The van der Waals surface area contributed by atoms with Crippen molar-refractivity contribution in [2.24, 2.45) is 0 Å². The second kappa shape index (κ2) is 9.42. The summed E-state index contributed by atoms with van der Waals surface area (Å²) in [5, 5.41) is 4.39. The lowest BCUT2D eigenvalue weighted by Crippen LogP contribution is -2.56. The van der Waals surface area contributed by atoms with Crippen LogP contribution in [0.3, 0.4) is 0 Å². The van der Waals surface area contributed by atoms with Crippen LogP contribution in [0.1, 0.15) is 6.92 Å². The Morgan fingerprint density at radius 3 is 2.37 bits per heavy atom. The maximum absolute atomic E-state index is 13.2. The van der Waals surface area contributed by atoms with Crippen LogP contribution < -0.4 is 20.1 Å². The molecule has 1 fully saturated rings. The molecule has 3 aromatic rings. The zero-order valence-corrected chi connectivity index (χ0v) is 19.9. The van der Waals surface area contributed by atoms with Crippen molar-refractivity contribution in [2.45, 2.75) is 13.0 Å². The fourth-order valence-electron chi connectivity index (χ4n) is 4.43. The standard InChI is InChI=1S/C25H24ClN5O4/c1-17(32)30-16-22(35-21-10-6-5-9-19(21)30)24(33)29-13-11-28(12-14-29)20-15-27-31(25(34)23(20)26)18-7-3-2-4-8-18/h2-10,15,22H,11-14,16H2,1H3. The number of para-hydroxylation sites is 3. The number of carbonyl (C=O) groups is 2. The van der Waals surface area contributed by atoms with Crippen molar-refractivity contribution < 1.29 is 14.3 Å². The second-order valence-corrected chi connectivity index (χ2v) is 8.79. The zero-order chi connectivity index (χ0) is 24.5. The molecule has 9 nitrogen and oxygen atoms in total. The molecule has 3 heterocycles. The normalized spacial score (nSPS) is 17.5. The Hall–Kier alpha value is -3.85. The fourth-order valence-corrected chi connectivity index (χ4v) is 4.68. The number of hydrogen-bond acceptors (Lipinski definition) is 6. The molecule has 180 valence electrons. The van der Waals surface area contributed by atoms with Crippen LogP contribution in [0, 0.1) is 0 Å². The highest BCUT2D eigenvalue weighted by molar-refractivity contribution is 6.33. The van der Waals surface area contributed by atoms with Crippen LogP contribution in [0.5, 0.6) is 5.75 Å². The van der Waals surface area contributed by atoms with E-state index in [4.69, 9.17) is 16.3 Å². The topological polar surface area (TPSA) is 88.0 Å². The Morgan fingerprint density at radius 2 is 1.66 bits per heavy atom. The van der Waals surface area contributed by atoms with E-state index in [1.165, 1.54) is 11.6 Å². The van der Waals surface area contributed by atoms with Gasteiger partial charge >= 0.3 is 0 Å². The van der Waals surface area contributed by atoms with Crippen molar-refractivity contribution in [1.29, 1.82) is 0 Å². The van der Waals surface area contributed by atoms with Gasteiger partial charge in [-0.15, -0.1) is 0 Å². The minimum atomic E-state index is -0.777. The molecule has 35 heavy (non-hydrogen) atoms. The highest BCUT2D eigenvalue weighted by Gasteiger charge is 2.36. The van der Waals surface area contributed by atoms with Crippen LogP contribution >= 0.6 is 11.6 Å². The van der Waals surface area contributed by atoms with Gasteiger partial charge in [-0.1, -0.05) is 41.9 Å². The molecule has 5 rings (SSSR count). The molecule has 0 spiro atoms. The molecule has 0 N–H and O–H groups in total. The lowest BCUT2D eigenvalue weighted by Gasteiger charge is -2.39. The summed E-state index contributed by atoms with van der Waals surface area (Å²) in [6.07, 6.45) is 0.806. The lowest BCUT2D eigenvalue weighted by atomic mass is 10.1. The Bertz CT molecular complexity index is 1320. The van der Waals surface area contributed by atoms with Crippen molar-refractivity contribution in [2.75, 3.05) is 42.5 Å². The van der Waals surface area contributed by atoms with Gasteiger partial charge in [0.05, 0.1) is 29.8 Å². The first kappa shape index (κ1) is 22.9. The summed E-state index contributed by atoms with van der Waals surface area (Å²) in [5.74, 6) is 0.202. The van der Waals surface area contributed by atoms with E-state index in [9.17, 15) is 14.4 Å². The smallest absolute Gasteiger partial charge is 0.292 e. The molecule has 1 unspecified atom stereocenters. The number of fused-ring (bicyclic) bond motifs is 1. The average molecular weight is 494 g/mol. The van der Waals surface area contributed by atoms with Crippen LogP contribution in [0.4, 0.5) is 11.4 Å². The van der Waals surface area contributed by atoms with Crippen molar-refractivity contribution in [1.82, 2.24) is 14.7 Å². The van der Waals surface area contributed by atoms with Crippen LogP contribution in [0.2, 0.25) is 5.02 Å². The molecule has 2 amide bonds. The first-order valence-electron chi connectivity index (χ1n) is 11.3. The molecule has 0 bridgehead atoms. The van der Waals surface area contributed by atoms with Gasteiger partial charge in [-0.25, -0.2) is 0 Å². The van der Waals surface area contributed by atoms with E-state index in [-0.39, 0.29) is 23.4 Å². The highest BCUT2D eigenvalue weighted by Crippen LogP contribution is 2.33. The SMILES string of the molecule is CC(=O)N1CC(C(=O)N2CCN(c3cnn(-c4ccccc4)c(=O)c3Cl)CC2)Oc2ccccc21. The summed E-state index contributed by atoms with van der Waals surface area (Å²) in [6, 6.07) is 16.3. The summed E-state index contributed by atoms with van der Waals surface area (Å²) >= 11 is 6.44. The van der Waals surface area contributed by atoms with E-state index in [0.717, 1.165) is 0 Å². The summed E-state index contributed by atoms with van der Waals surface area (Å²) in [5.41, 5.74) is 1.45. The number of carbonyl (C=O) groups excluding carboxylic acids is 2. The highest BCUT2D eigenvalue weighted by atomic mass is 35.5. The third-order valence-electron chi connectivity index (χ3n) is 6.26. The van der Waals surface area contributed by atoms with Gasteiger partial charge in [0.25, 0.3) is 11.5 Å². The number of aromatic nitrogens is 2. The van der Waals surface area contributed by atoms with Crippen molar-refractivity contribution in [3.05, 3.63) is 76.2 Å². The number of benzene rings is 2. The molecule has 1 atom stereocenters. The molecule has 0 radical (unpaired) electrons. The van der Waals surface area contributed by atoms with Crippen molar-refractivity contribution in [3.63, 3.8) is 0 Å². The molecule has 0 saturated carbocycles. The minimum Gasteiger partial charge on any atom is -0.476 e. The Kier molecular flexibility index (Phi) is 6.17. The third-order valence-corrected chi connectivity index (χ3v) is 6.62. The van der Waals surface area contributed by atoms with Gasteiger partial charge in [0.15, 0.2) is 6.10 Å². The predicted molar refractivity (Wildman–Crippen MR) is 133 cm³/mol. The molecule has 2 aliphatic heterocycles. The van der Waals surface area contributed by atoms with Crippen LogP contribution in [-0.4, -0.2) is 65.3 Å². The quantitative estimate of drug-likeness (QED) is 0.556. The Labute approximate surface area is 207 Å². The van der Waals surface area contributed by atoms with Gasteiger partial charge in [-0.05, 0) is 24.3 Å². The summed E-state index contributed by atoms with van der Waals surface area (Å²) in [7, 11) is 0. The number of anilines is 2. The number of halogens is 1. The lowest BCUT2D eigenvalue weighted by molar-refractivity contribution is -0.139. The minimum absolute atomic E-state index is 0.0907. The first-order chi connectivity index (χ1) is 16.9. The van der Waals surface area contributed by atoms with Gasteiger partial charge < -0.3 is 19.4 Å². The van der Waals surface area contributed by atoms with Crippen LogP contribution in [-0.2, 0) is 9.59 Å². The van der Waals surface area contributed by atoms with Crippen molar-refractivity contribution in [3.8, 4) is 11.4 Å². The molecular formula is C25H24ClN5O4. The van der Waals surface area contributed by atoms with E-state index in [1.54, 1.807) is 40.3 Å². The molecular weight excluding hydrogens is 470 g/mol. The van der Waals surface area contributed by atoms with E-state index in [2.05, 4.69) is 5.10 Å². The number of ether oxygens (including phenoxy) is 1. The fraction of sp³-hybridized carbons (Fsp3) is 0.280. The number of rotatable bonds is 3. The molecule has 1 aromatic heterocycles. The van der Waals surface area contributed by atoms with Crippen molar-refractivity contribution >= 4 is 34.8 Å². The summed E-state index contributed by atoms with van der Waals surface area (Å²) < 4.78 is 7.22. The first-order valence-corrected chi connectivity index (χ1v) is 11.7. The number of amides is 2. The van der Waals surface area contributed by atoms with Gasteiger partial charge in [0, 0.05) is 33.1 Å². The molecule has 10 heteroatoms. The van der Waals surface area contributed by atoms with Gasteiger partial charge in [0.2, 0.25) is 5.91 Å². The Morgan fingerprint density at radius 1 is 0.971 bits per heavy atom. The average Bonchev–Trinajstić information content (AvgIpc) is 2.89. The monoisotopic (exact) mass is 493 g/mol. The maximum Gasteiger partial charge on any atom is 0.292 e. The molecule has 0 aliphatic carbocycles. The summed E-state index contributed by atoms with van der Waals surface area (Å²) in [6.45, 7) is 3.48. The van der Waals surface area contributed by atoms with Gasteiger partial charge in [-0.2, -0.15) is 9.78 Å². The second-order valence-electron chi connectivity index (χ2n) is 8.41. The largest absolute Gasteiger partial charge is 0.476 e. The number of hydrogen-bond donors (Lipinski definition) is 0. The number of piperazine rings is 1. The van der Waals surface area contributed by atoms with Crippen LogP contribution in [0.25, 0.3) is 5.69 Å². The maximum atomic E-state index is 13.2. The van der Waals surface area contributed by atoms with E-state index >= 15 is 0 Å². The summed E-state index contributed by atoms with van der Waals surface area (Å²) in [4.78, 5) is 43.5. The van der Waals surface area contributed by atoms with E-state index in [0.29, 0.717) is 49.0 Å². The predicted octanol–water partition coefficient (Wildman–Crippen LogP) is 2.35. The molecule has 2 aromatic carbocycles. The van der Waals surface area contributed by atoms with Gasteiger partial charge in [-0.3, -0.25) is 14.4 Å². The van der Waals surface area contributed by atoms with Crippen LogP contribution in [0.15, 0.2) is 65.6 Å². The zero-order valence-electron chi connectivity index (χ0n) is 19.1. The Balaban J connectivity index is 1.28. The molecule has 1 saturated heterocycles. The molecule has 2 aliphatic rings. The van der Waals surface area contributed by atoms with Gasteiger partial charge in [0.1, 0.15) is 10.8 Å². The van der Waals surface area contributed by atoms with E-state index in [1.807, 2.05) is 35.2 Å². The number of nitrogens with zero attached hydrogens (tertiary/aromatic N) is 5. The third kappa shape index (κ3) is 4.35. The van der Waals surface area contributed by atoms with E-state index < -0.39 is 11.7 Å².